The van der Waals surface area contributed by atoms with Gasteiger partial charge in [0.15, 0.2) is 0 Å². The van der Waals surface area contributed by atoms with E-state index in [1.807, 2.05) is 24.3 Å². The van der Waals surface area contributed by atoms with Gasteiger partial charge in [-0.2, -0.15) is 18.3 Å². The summed E-state index contributed by atoms with van der Waals surface area (Å²) >= 11 is 0. The van der Waals surface area contributed by atoms with Crippen LogP contribution in [0.25, 0.3) is 17.2 Å². The molecule has 0 atom stereocenters. The first-order valence-electron chi connectivity index (χ1n) is 5.30. The van der Waals surface area contributed by atoms with E-state index < -0.39 is 12.7 Å². The van der Waals surface area contributed by atoms with E-state index in [2.05, 4.69) is 11.7 Å². The molecule has 2 rings (SSSR count). The molecule has 5 heteroatoms. The fourth-order valence-electron chi connectivity index (χ4n) is 1.71. The van der Waals surface area contributed by atoms with E-state index in [-0.39, 0.29) is 0 Å². The van der Waals surface area contributed by atoms with Gasteiger partial charge in [0.2, 0.25) is 0 Å². The Hall–Kier alpha value is -2.04. The van der Waals surface area contributed by atoms with Crippen LogP contribution in [0.2, 0.25) is 0 Å². The Labute approximate surface area is 102 Å². The summed E-state index contributed by atoms with van der Waals surface area (Å²) in [4.78, 5) is 0. The van der Waals surface area contributed by atoms with Gasteiger partial charge in [0.05, 0.1) is 6.20 Å². The largest absolute Gasteiger partial charge is 0.408 e. The Kier molecular flexibility index (Phi) is 3.23. The van der Waals surface area contributed by atoms with Gasteiger partial charge in [-0.1, -0.05) is 36.9 Å². The molecular weight excluding hydrogens is 241 g/mol. The Morgan fingerprint density at radius 2 is 2.00 bits per heavy atom. The monoisotopic (exact) mass is 252 g/mol. The number of hydrogen-bond donors (Lipinski definition) is 0. The van der Waals surface area contributed by atoms with E-state index in [4.69, 9.17) is 0 Å². The van der Waals surface area contributed by atoms with Crippen molar-refractivity contribution >= 4 is 6.08 Å². The molecule has 0 spiro atoms. The molecule has 0 amide bonds. The summed E-state index contributed by atoms with van der Waals surface area (Å²) < 4.78 is 37.5. The third-order valence-electron chi connectivity index (χ3n) is 2.47. The van der Waals surface area contributed by atoms with Crippen molar-refractivity contribution in [3.05, 3.63) is 48.8 Å². The number of aromatic nitrogens is 2. The van der Waals surface area contributed by atoms with Crippen molar-refractivity contribution in [3.63, 3.8) is 0 Å². The van der Waals surface area contributed by atoms with Crippen molar-refractivity contribution in [2.75, 3.05) is 0 Å². The highest BCUT2D eigenvalue weighted by molar-refractivity contribution is 5.73. The van der Waals surface area contributed by atoms with Gasteiger partial charge in [0.1, 0.15) is 6.54 Å². The van der Waals surface area contributed by atoms with Crippen molar-refractivity contribution in [1.29, 1.82) is 0 Å². The smallest absolute Gasteiger partial charge is 0.263 e. The molecule has 1 heterocycles. The van der Waals surface area contributed by atoms with Gasteiger partial charge in [-0.25, -0.2) is 0 Å². The predicted molar refractivity (Wildman–Crippen MR) is 63.8 cm³/mol. The molecule has 0 fully saturated rings. The molecule has 0 aliphatic rings. The first kappa shape index (κ1) is 12.4. The SMILES string of the molecule is C=Cc1ccccc1-c1cnn(CC(F)(F)F)c1. The Morgan fingerprint density at radius 3 is 2.67 bits per heavy atom. The van der Waals surface area contributed by atoms with Crippen LogP contribution in [0.1, 0.15) is 5.56 Å². The number of halogens is 3. The lowest BCUT2D eigenvalue weighted by Crippen LogP contribution is -2.17. The highest BCUT2D eigenvalue weighted by Gasteiger charge is 2.28. The van der Waals surface area contributed by atoms with Gasteiger partial charge >= 0.3 is 6.18 Å². The van der Waals surface area contributed by atoms with Crippen molar-refractivity contribution in [2.24, 2.45) is 0 Å². The third-order valence-corrected chi connectivity index (χ3v) is 2.47. The Morgan fingerprint density at radius 1 is 1.28 bits per heavy atom. The molecule has 2 aromatic rings. The van der Waals surface area contributed by atoms with Crippen LogP contribution in [0.5, 0.6) is 0 Å². The molecule has 0 aliphatic heterocycles. The Bertz CT molecular complexity index is 555. The van der Waals surface area contributed by atoms with Gasteiger partial charge in [0.25, 0.3) is 0 Å². The van der Waals surface area contributed by atoms with E-state index in [1.54, 1.807) is 6.08 Å². The average Bonchev–Trinajstić information content (AvgIpc) is 2.75. The van der Waals surface area contributed by atoms with E-state index in [9.17, 15) is 13.2 Å². The highest BCUT2D eigenvalue weighted by Crippen LogP contribution is 2.25. The van der Waals surface area contributed by atoms with E-state index >= 15 is 0 Å². The van der Waals surface area contributed by atoms with Crippen molar-refractivity contribution in [3.8, 4) is 11.1 Å². The van der Waals surface area contributed by atoms with Crippen molar-refractivity contribution in [1.82, 2.24) is 9.78 Å². The fraction of sp³-hybridized carbons (Fsp3) is 0.154. The summed E-state index contributed by atoms with van der Waals surface area (Å²) in [6.45, 7) is 2.60. The molecule has 0 N–H and O–H groups in total. The minimum Gasteiger partial charge on any atom is -0.263 e. The van der Waals surface area contributed by atoms with Crippen LogP contribution in [-0.2, 0) is 6.54 Å². The second kappa shape index (κ2) is 4.68. The molecule has 1 aromatic heterocycles. The zero-order valence-corrected chi connectivity index (χ0v) is 9.48. The van der Waals surface area contributed by atoms with Crippen LogP contribution < -0.4 is 0 Å². The first-order chi connectivity index (χ1) is 8.49. The highest BCUT2D eigenvalue weighted by atomic mass is 19.4. The van der Waals surface area contributed by atoms with Crippen molar-refractivity contribution in [2.45, 2.75) is 12.7 Å². The van der Waals surface area contributed by atoms with Gasteiger partial charge in [-0.3, -0.25) is 4.68 Å². The van der Waals surface area contributed by atoms with E-state index in [0.29, 0.717) is 5.56 Å². The molecule has 0 saturated heterocycles. The maximum atomic E-state index is 12.2. The normalized spacial score (nSPS) is 11.5. The van der Waals surface area contributed by atoms with Crippen LogP contribution in [0.4, 0.5) is 13.2 Å². The van der Waals surface area contributed by atoms with Gasteiger partial charge in [-0.05, 0) is 11.1 Å². The van der Waals surface area contributed by atoms with Gasteiger partial charge in [-0.15, -0.1) is 0 Å². The Balaban J connectivity index is 2.32. The summed E-state index contributed by atoms with van der Waals surface area (Å²) in [5.41, 5.74) is 2.33. The summed E-state index contributed by atoms with van der Waals surface area (Å²) in [6, 6.07) is 7.35. The molecule has 2 nitrogen and oxygen atoms in total. The number of alkyl halides is 3. The quantitative estimate of drug-likeness (QED) is 0.813. The van der Waals surface area contributed by atoms with Crippen LogP contribution in [-0.4, -0.2) is 16.0 Å². The third kappa shape index (κ3) is 2.80. The maximum absolute atomic E-state index is 12.2. The second-order valence-electron chi connectivity index (χ2n) is 3.83. The number of benzene rings is 1. The lowest BCUT2D eigenvalue weighted by Gasteiger charge is -2.05. The molecule has 1 aromatic carbocycles. The lowest BCUT2D eigenvalue weighted by atomic mass is 10.0. The van der Waals surface area contributed by atoms with Crippen LogP contribution in [0.15, 0.2) is 43.2 Å². The summed E-state index contributed by atoms with van der Waals surface area (Å²) in [5, 5.41) is 3.72. The molecule has 0 saturated carbocycles. The first-order valence-corrected chi connectivity index (χ1v) is 5.30. The van der Waals surface area contributed by atoms with Crippen LogP contribution in [0.3, 0.4) is 0 Å². The minimum atomic E-state index is -4.26. The standard InChI is InChI=1S/C13H11F3N2/c1-2-10-5-3-4-6-12(10)11-7-17-18(8-11)9-13(14,15)16/h2-8H,1,9H2. The summed E-state index contributed by atoms with van der Waals surface area (Å²) in [5.74, 6) is 0. The van der Waals surface area contributed by atoms with Crippen molar-refractivity contribution < 1.29 is 13.2 Å². The molecule has 0 unspecified atom stereocenters. The van der Waals surface area contributed by atoms with Crippen LogP contribution in [0, 0.1) is 0 Å². The molecule has 94 valence electrons. The summed E-state index contributed by atoms with van der Waals surface area (Å²) in [7, 11) is 0. The molecule has 0 radical (unpaired) electrons. The lowest BCUT2D eigenvalue weighted by molar-refractivity contribution is -0.142. The average molecular weight is 252 g/mol. The maximum Gasteiger partial charge on any atom is 0.408 e. The van der Waals surface area contributed by atoms with Gasteiger partial charge < -0.3 is 0 Å². The fourth-order valence-corrected chi connectivity index (χ4v) is 1.71. The molecular formula is C13H11F3N2. The zero-order chi connectivity index (χ0) is 13.2. The molecule has 0 bridgehead atoms. The van der Waals surface area contributed by atoms with E-state index in [0.717, 1.165) is 15.8 Å². The molecule has 0 aliphatic carbocycles. The topological polar surface area (TPSA) is 17.8 Å². The number of rotatable bonds is 3. The number of hydrogen-bond acceptors (Lipinski definition) is 1. The van der Waals surface area contributed by atoms with Crippen LogP contribution >= 0.6 is 0 Å². The molecule has 18 heavy (non-hydrogen) atoms. The number of nitrogens with zero attached hydrogens (tertiary/aromatic N) is 2. The zero-order valence-electron chi connectivity index (χ0n) is 9.48. The van der Waals surface area contributed by atoms with Gasteiger partial charge in [0, 0.05) is 11.8 Å². The predicted octanol–water partition coefficient (Wildman–Crippen LogP) is 3.76. The summed E-state index contributed by atoms with van der Waals surface area (Å²) in [6.07, 6.45) is 0.210. The second-order valence-corrected chi connectivity index (χ2v) is 3.83. The minimum absolute atomic E-state index is 0.648. The van der Waals surface area contributed by atoms with E-state index in [1.165, 1.54) is 12.4 Å².